The molecule has 18 heavy (non-hydrogen) atoms. The van der Waals surface area contributed by atoms with Crippen molar-refractivity contribution < 1.29 is 0 Å². The molecule has 0 aromatic heterocycles. The zero-order valence-corrected chi connectivity index (χ0v) is 12.0. The molecule has 1 N–H and O–H groups in total. The molecule has 0 fully saturated rings. The summed E-state index contributed by atoms with van der Waals surface area (Å²) in [4.78, 5) is 2.60. The number of nitrogens with one attached hydrogen (secondary N) is 1. The van der Waals surface area contributed by atoms with Crippen LogP contribution in [0, 0.1) is 0 Å². The molecule has 2 nitrogen and oxygen atoms in total. The third-order valence-electron chi connectivity index (χ3n) is 3.79. The summed E-state index contributed by atoms with van der Waals surface area (Å²) in [7, 11) is 0. The van der Waals surface area contributed by atoms with Crippen molar-refractivity contribution in [3.05, 3.63) is 35.4 Å². The minimum Gasteiger partial charge on any atom is -0.311 e. The lowest BCUT2D eigenvalue weighted by Crippen LogP contribution is -2.49. The van der Waals surface area contributed by atoms with Gasteiger partial charge in [-0.2, -0.15) is 0 Å². The average molecular weight is 246 g/mol. The molecule has 0 aliphatic carbocycles. The minimum absolute atomic E-state index is 0.214. The number of benzene rings is 1. The van der Waals surface area contributed by atoms with Crippen LogP contribution in [0.3, 0.4) is 0 Å². The topological polar surface area (TPSA) is 15.3 Å². The van der Waals surface area contributed by atoms with Crippen molar-refractivity contribution in [2.24, 2.45) is 0 Å². The molecule has 0 saturated heterocycles. The van der Waals surface area contributed by atoms with E-state index >= 15 is 0 Å². The lowest BCUT2D eigenvalue weighted by atomic mass is 10.0. The second-order valence-electron chi connectivity index (χ2n) is 5.96. The summed E-state index contributed by atoms with van der Waals surface area (Å²) in [6.45, 7) is 11.3. The van der Waals surface area contributed by atoms with Gasteiger partial charge in [-0.1, -0.05) is 31.2 Å². The molecule has 0 unspecified atom stereocenters. The first-order valence-electron chi connectivity index (χ1n) is 7.15. The van der Waals surface area contributed by atoms with Crippen molar-refractivity contribution in [2.75, 3.05) is 26.2 Å². The minimum atomic E-state index is 0.214. The summed E-state index contributed by atoms with van der Waals surface area (Å²) in [6.07, 6.45) is 2.39. The maximum atomic E-state index is 3.57. The second kappa shape index (κ2) is 5.85. The SMILES string of the molecule is CCNC(C)(C)CN1CCc2ccccc2CC1. The molecule has 1 heterocycles. The third-order valence-corrected chi connectivity index (χ3v) is 3.79. The lowest BCUT2D eigenvalue weighted by molar-refractivity contribution is 0.209. The molecule has 1 aliphatic heterocycles. The fourth-order valence-corrected chi connectivity index (χ4v) is 2.97. The maximum absolute atomic E-state index is 3.57. The lowest BCUT2D eigenvalue weighted by Gasteiger charge is -2.32. The Balaban J connectivity index is 1.96. The third kappa shape index (κ3) is 3.56. The number of fused-ring (bicyclic) bond motifs is 1. The number of rotatable bonds is 4. The Morgan fingerprint density at radius 2 is 1.67 bits per heavy atom. The van der Waals surface area contributed by atoms with Gasteiger partial charge < -0.3 is 10.2 Å². The summed E-state index contributed by atoms with van der Waals surface area (Å²) in [5.41, 5.74) is 3.30. The Labute approximate surface area is 111 Å². The van der Waals surface area contributed by atoms with Gasteiger partial charge in [0.25, 0.3) is 0 Å². The molecule has 1 aromatic rings. The van der Waals surface area contributed by atoms with Crippen LogP contribution in [0.4, 0.5) is 0 Å². The van der Waals surface area contributed by atoms with Crippen LogP contribution in [-0.4, -0.2) is 36.6 Å². The van der Waals surface area contributed by atoms with Gasteiger partial charge in [-0.25, -0.2) is 0 Å². The molecule has 0 spiro atoms. The maximum Gasteiger partial charge on any atom is 0.0252 e. The first-order chi connectivity index (χ1) is 8.61. The van der Waals surface area contributed by atoms with Crippen LogP contribution < -0.4 is 5.32 Å². The number of nitrogens with zero attached hydrogens (tertiary/aromatic N) is 1. The van der Waals surface area contributed by atoms with Crippen LogP contribution in [0.25, 0.3) is 0 Å². The number of hydrogen-bond acceptors (Lipinski definition) is 2. The van der Waals surface area contributed by atoms with Gasteiger partial charge in [0.1, 0.15) is 0 Å². The van der Waals surface area contributed by atoms with Crippen LogP contribution in [-0.2, 0) is 12.8 Å². The highest BCUT2D eigenvalue weighted by molar-refractivity contribution is 5.28. The smallest absolute Gasteiger partial charge is 0.0252 e. The van der Waals surface area contributed by atoms with E-state index in [0.29, 0.717) is 0 Å². The molecule has 0 atom stereocenters. The van der Waals surface area contributed by atoms with Crippen LogP contribution in [0.5, 0.6) is 0 Å². The molecule has 2 heteroatoms. The summed E-state index contributed by atoms with van der Waals surface area (Å²) < 4.78 is 0. The van der Waals surface area contributed by atoms with Crippen molar-refractivity contribution in [3.63, 3.8) is 0 Å². The van der Waals surface area contributed by atoms with Gasteiger partial charge in [-0.05, 0) is 44.4 Å². The Bertz CT molecular complexity index is 357. The van der Waals surface area contributed by atoms with E-state index in [1.807, 2.05) is 0 Å². The van der Waals surface area contributed by atoms with E-state index < -0.39 is 0 Å². The van der Waals surface area contributed by atoms with Crippen molar-refractivity contribution in [1.82, 2.24) is 10.2 Å². The first kappa shape index (κ1) is 13.6. The predicted molar refractivity (Wildman–Crippen MR) is 78.0 cm³/mol. The van der Waals surface area contributed by atoms with E-state index in [4.69, 9.17) is 0 Å². The van der Waals surface area contributed by atoms with Crippen molar-refractivity contribution in [2.45, 2.75) is 39.2 Å². The fourth-order valence-electron chi connectivity index (χ4n) is 2.97. The molecule has 0 saturated carbocycles. The monoisotopic (exact) mass is 246 g/mol. The fraction of sp³-hybridized carbons (Fsp3) is 0.625. The molecule has 1 aliphatic rings. The van der Waals surface area contributed by atoms with Crippen LogP contribution >= 0.6 is 0 Å². The van der Waals surface area contributed by atoms with E-state index in [1.165, 1.54) is 25.9 Å². The summed E-state index contributed by atoms with van der Waals surface area (Å²) in [5.74, 6) is 0. The van der Waals surface area contributed by atoms with Gasteiger partial charge in [0.2, 0.25) is 0 Å². The summed E-state index contributed by atoms with van der Waals surface area (Å²) in [6, 6.07) is 8.90. The Hall–Kier alpha value is -0.860. The van der Waals surface area contributed by atoms with Gasteiger partial charge in [0.05, 0.1) is 0 Å². The average Bonchev–Trinajstić information content (AvgIpc) is 2.52. The van der Waals surface area contributed by atoms with Gasteiger partial charge in [-0.3, -0.25) is 0 Å². The van der Waals surface area contributed by atoms with E-state index in [2.05, 4.69) is 55.3 Å². The highest BCUT2D eigenvalue weighted by Crippen LogP contribution is 2.17. The largest absolute Gasteiger partial charge is 0.311 e. The predicted octanol–water partition coefficient (Wildman–Crippen LogP) is 2.48. The van der Waals surface area contributed by atoms with Crippen molar-refractivity contribution >= 4 is 0 Å². The standard InChI is InChI=1S/C16H26N2/c1-4-17-16(2,3)13-18-11-9-14-7-5-6-8-15(14)10-12-18/h5-8,17H,4,9-13H2,1-3H3. The van der Waals surface area contributed by atoms with Gasteiger partial charge in [-0.15, -0.1) is 0 Å². The zero-order chi connectivity index (χ0) is 13.0. The quantitative estimate of drug-likeness (QED) is 0.878. The summed E-state index contributed by atoms with van der Waals surface area (Å²) in [5, 5.41) is 3.57. The van der Waals surface area contributed by atoms with Gasteiger partial charge in [0, 0.05) is 25.2 Å². The van der Waals surface area contributed by atoms with Crippen LogP contribution in [0.1, 0.15) is 31.9 Å². The van der Waals surface area contributed by atoms with Gasteiger partial charge in [0.15, 0.2) is 0 Å². The normalized spacial score (nSPS) is 17.3. The van der Waals surface area contributed by atoms with Crippen LogP contribution in [0.15, 0.2) is 24.3 Å². The van der Waals surface area contributed by atoms with E-state index in [9.17, 15) is 0 Å². The molecule has 2 rings (SSSR count). The first-order valence-corrected chi connectivity index (χ1v) is 7.15. The van der Waals surface area contributed by atoms with Gasteiger partial charge >= 0.3 is 0 Å². The zero-order valence-electron chi connectivity index (χ0n) is 12.0. The number of hydrogen-bond donors (Lipinski definition) is 1. The van der Waals surface area contributed by atoms with E-state index in [1.54, 1.807) is 11.1 Å². The Morgan fingerprint density at radius 1 is 1.11 bits per heavy atom. The number of likely N-dealkylation sites (N-methyl/N-ethyl adjacent to an activating group) is 1. The molecular formula is C16H26N2. The Kier molecular flexibility index (Phi) is 4.41. The molecule has 0 bridgehead atoms. The van der Waals surface area contributed by atoms with Crippen molar-refractivity contribution in [1.29, 1.82) is 0 Å². The molecular weight excluding hydrogens is 220 g/mol. The van der Waals surface area contributed by atoms with Crippen molar-refractivity contribution in [3.8, 4) is 0 Å². The molecule has 0 amide bonds. The van der Waals surface area contributed by atoms with E-state index in [0.717, 1.165) is 13.1 Å². The summed E-state index contributed by atoms with van der Waals surface area (Å²) >= 11 is 0. The molecule has 0 radical (unpaired) electrons. The molecule has 100 valence electrons. The second-order valence-corrected chi connectivity index (χ2v) is 5.96. The highest BCUT2D eigenvalue weighted by atomic mass is 15.2. The van der Waals surface area contributed by atoms with Crippen LogP contribution in [0.2, 0.25) is 0 Å². The van der Waals surface area contributed by atoms with E-state index in [-0.39, 0.29) is 5.54 Å². The highest BCUT2D eigenvalue weighted by Gasteiger charge is 2.22. The molecule has 1 aromatic carbocycles. The Morgan fingerprint density at radius 3 is 2.17 bits per heavy atom.